The van der Waals surface area contributed by atoms with Crippen LogP contribution in [0.5, 0.6) is 5.75 Å². The van der Waals surface area contributed by atoms with Crippen LogP contribution in [-0.2, 0) is 11.4 Å². The van der Waals surface area contributed by atoms with Gasteiger partial charge in [-0.1, -0.05) is 17.3 Å². The van der Waals surface area contributed by atoms with Crippen molar-refractivity contribution in [2.75, 3.05) is 6.61 Å². The lowest BCUT2D eigenvalue weighted by atomic mass is 10.2. The van der Waals surface area contributed by atoms with Crippen molar-refractivity contribution in [1.29, 1.82) is 0 Å². The fourth-order valence-corrected chi connectivity index (χ4v) is 2.42. The van der Waals surface area contributed by atoms with Crippen molar-refractivity contribution >= 4 is 11.9 Å². The minimum absolute atomic E-state index is 0.0195. The van der Waals surface area contributed by atoms with Crippen LogP contribution in [-0.4, -0.2) is 17.7 Å². The lowest BCUT2D eigenvalue weighted by Gasteiger charge is -2.03. The second-order valence-corrected chi connectivity index (χ2v) is 5.59. The quantitative estimate of drug-likeness (QED) is 0.324. The van der Waals surface area contributed by atoms with Crippen molar-refractivity contribution in [3.63, 3.8) is 0 Å². The summed E-state index contributed by atoms with van der Waals surface area (Å²) in [5, 5.41) is 14.6. The van der Waals surface area contributed by atoms with E-state index in [9.17, 15) is 10.1 Å². The van der Waals surface area contributed by atoms with Gasteiger partial charge in [0.05, 0.1) is 11.5 Å². The Bertz CT molecular complexity index is 932. The van der Waals surface area contributed by atoms with E-state index >= 15 is 0 Å². The van der Waals surface area contributed by atoms with E-state index in [1.165, 1.54) is 18.3 Å². The zero-order valence-electron chi connectivity index (χ0n) is 14.7. The molecule has 138 valence electrons. The molecule has 0 unspecified atom stereocenters. The molecular formula is C20H18N2O5. The van der Waals surface area contributed by atoms with Crippen molar-refractivity contribution in [2.24, 2.45) is 5.16 Å². The zero-order valence-corrected chi connectivity index (χ0v) is 14.7. The van der Waals surface area contributed by atoms with E-state index in [1.807, 2.05) is 37.3 Å². The molecule has 0 aliphatic rings. The molecule has 1 aromatic heterocycles. The van der Waals surface area contributed by atoms with Gasteiger partial charge in [-0.05, 0) is 48.9 Å². The van der Waals surface area contributed by atoms with Gasteiger partial charge in [0, 0.05) is 17.7 Å². The van der Waals surface area contributed by atoms with Gasteiger partial charge in [-0.2, -0.15) is 0 Å². The first-order valence-corrected chi connectivity index (χ1v) is 8.37. The number of hydrogen-bond donors (Lipinski definition) is 0. The van der Waals surface area contributed by atoms with Gasteiger partial charge in [-0.3, -0.25) is 10.1 Å². The molecule has 7 nitrogen and oxygen atoms in total. The van der Waals surface area contributed by atoms with Gasteiger partial charge in [0.1, 0.15) is 30.1 Å². The Morgan fingerprint density at radius 2 is 1.96 bits per heavy atom. The van der Waals surface area contributed by atoms with Crippen molar-refractivity contribution in [3.8, 4) is 17.1 Å². The highest BCUT2D eigenvalue weighted by molar-refractivity contribution is 5.77. The largest absolute Gasteiger partial charge is 0.494 e. The Hall–Kier alpha value is -3.61. The van der Waals surface area contributed by atoms with E-state index in [1.54, 1.807) is 18.2 Å². The number of furan rings is 1. The molecule has 0 atom stereocenters. The SMILES string of the molecule is CCOc1ccc(-c2ccc(/C=N\OCc3cccc([N+](=O)[O-])c3)o2)cc1. The van der Waals surface area contributed by atoms with Crippen LogP contribution in [0.2, 0.25) is 0 Å². The predicted octanol–water partition coefficient (Wildman–Crippen LogP) is 4.80. The monoisotopic (exact) mass is 366 g/mol. The number of benzene rings is 2. The first kappa shape index (κ1) is 18.2. The van der Waals surface area contributed by atoms with Crippen LogP contribution in [0.1, 0.15) is 18.2 Å². The summed E-state index contributed by atoms with van der Waals surface area (Å²) in [4.78, 5) is 15.5. The van der Waals surface area contributed by atoms with Crippen molar-refractivity contribution < 1.29 is 18.9 Å². The molecule has 1 heterocycles. The van der Waals surface area contributed by atoms with Crippen molar-refractivity contribution in [2.45, 2.75) is 13.5 Å². The summed E-state index contributed by atoms with van der Waals surface area (Å²) in [5.41, 5.74) is 1.61. The number of nitro benzene ring substituents is 1. The fraction of sp³-hybridized carbons (Fsp3) is 0.150. The molecule has 0 amide bonds. The van der Waals surface area contributed by atoms with Crippen LogP contribution in [0.25, 0.3) is 11.3 Å². The number of oxime groups is 1. The summed E-state index contributed by atoms with van der Waals surface area (Å²) in [6.45, 7) is 2.69. The summed E-state index contributed by atoms with van der Waals surface area (Å²) < 4.78 is 11.1. The van der Waals surface area contributed by atoms with E-state index in [2.05, 4.69) is 5.16 Å². The number of non-ortho nitro benzene ring substituents is 1. The molecular weight excluding hydrogens is 348 g/mol. The highest BCUT2D eigenvalue weighted by Crippen LogP contribution is 2.24. The highest BCUT2D eigenvalue weighted by Gasteiger charge is 2.06. The molecule has 0 N–H and O–H groups in total. The molecule has 27 heavy (non-hydrogen) atoms. The maximum absolute atomic E-state index is 10.8. The van der Waals surface area contributed by atoms with Crippen molar-refractivity contribution in [1.82, 2.24) is 0 Å². The minimum atomic E-state index is -0.446. The van der Waals surface area contributed by atoms with E-state index in [0.717, 1.165) is 11.3 Å². The van der Waals surface area contributed by atoms with E-state index in [4.69, 9.17) is 14.0 Å². The van der Waals surface area contributed by atoms with Gasteiger partial charge in [-0.15, -0.1) is 0 Å². The molecule has 3 rings (SSSR count). The molecule has 0 radical (unpaired) electrons. The van der Waals surface area contributed by atoms with E-state index in [-0.39, 0.29) is 12.3 Å². The third kappa shape index (κ3) is 4.94. The maximum atomic E-state index is 10.8. The molecule has 0 bridgehead atoms. The summed E-state index contributed by atoms with van der Waals surface area (Å²) in [6, 6.07) is 17.5. The van der Waals surface area contributed by atoms with Crippen LogP contribution in [0, 0.1) is 10.1 Å². The van der Waals surface area contributed by atoms with Gasteiger partial charge < -0.3 is 14.0 Å². The molecule has 0 saturated heterocycles. The lowest BCUT2D eigenvalue weighted by Crippen LogP contribution is -1.92. The zero-order chi connectivity index (χ0) is 19.1. The second-order valence-electron chi connectivity index (χ2n) is 5.59. The molecule has 7 heteroatoms. The summed E-state index contributed by atoms with van der Waals surface area (Å²) in [6.07, 6.45) is 1.45. The Morgan fingerprint density at radius 3 is 2.70 bits per heavy atom. The molecule has 3 aromatic rings. The average molecular weight is 366 g/mol. The standard InChI is InChI=1S/C20H18N2O5/c1-2-25-18-8-6-16(7-9-18)20-11-10-19(27-20)13-21-26-14-15-4-3-5-17(12-15)22(23)24/h3-13H,2,14H2,1H3/b21-13-. The Morgan fingerprint density at radius 1 is 1.15 bits per heavy atom. The molecule has 0 fully saturated rings. The third-order valence-electron chi connectivity index (χ3n) is 3.68. The van der Waals surface area contributed by atoms with Crippen LogP contribution in [0.3, 0.4) is 0 Å². The van der Waals surface area contributed by atoms with Crippen LogP contribution in [0.4, 0.5) is 5.69 Å². The van der Waals surface area contributed by atoms with Crippen LogP contribution < -0.4 is 4.74 Å². The third-order valence-corrected chi connectivity index (χ3v) is 3.68. The van der Waals surface area contributed by atoms with Gasteiger partial charge in [-0.25, -0.2) is 0 Å². The summed E-state index contributed by atoms with van der Waals surface area (Å²) in [5.74, 6) is 2.06. The van der Waals surface area contributed by atoms with Gasteiger partial charge in [0.15, 0.2) is 0 Å². The maximum Gasteiger partial charge on any atom is 0.269 e. The Balaban J connectivity index is 1.57. The first-order valence-electron chi connectivity index (χ1n) is 8.37. The number of nitrogens with zero attached hydrogens (tertiary/aromatic N) is 2. The summed E-state index contributed by atoms with van der Waals surface area (Å²) >= 11 is 0. The van der Waals surface area contributed by atoms with Gasteiger partial charge in [0.25, 0.3) is 5.69 Å². The number of ether oxygens (including phenoxy) is 1. The molecule has 0 spiro atoms. The lowest BCUT2D eigenvalue weighted by molar-refractivity contribution is -0.384. The molecule has 0 saturated carbocycles. The van der Waals surface area contributed by atoms with E-state index in [0.29, 0.717) is 23.7 Å². The highest BCUT2D eigenvalue weighted by atomic mass is 16.6. The second kappa shape index (κ2) is 8.66. The van der Waals surface area contributed by atoms with E-state index < -0.39 is 4.92 Å². The fourth-order valence-electron chi connectivity index (χ4n) is 2.42. The number of rotatable bonds is 8. The predicted molar refractivity (Wildman–Crippen MR) is 101 cm³/mol. The van der Waals surface area contributed by atoms with Gasteiger partial charge >= 0.3 is 0 Å². The first-order chi connectivity index (χ1) is 13.2. The molecule has 0 aliphatic carbocycles. The molecule has 0 aliphatic heterocycles. The molecule has 2 aromatic carbocycles. The smallest absolute Gasteiger partial charge is 0.269 e. The number of hydrogen-bond acceptors (Lipinski definition) is 6. The Labute approximate surface area is 156 Å². The van der Waals surface area contributed by atoms with Crippen LogP contribution in [0.15, 0.2) is 70.2 Å². The van der Waals surface area contributed by atoms with Crippen LogP contribution >= 0.6 is 0 Å². The average Bonchev–Trinajstić information content (AvgIpc) is 3.15. The van der Waals surface area contributed by atoms with Crippen molar-refractivity contribution in [3.05, 3.63) is 82.1 Å². The number of nitro groups is 1. The topological polar surface area (TPSA) is 87.1 Å². The van der Waals surface area contributed by atoms with Gasteiger partial charge in [0.2, 0.25) is 0 Å². The normalized spacial score (nSPS) is 10.9. The Kier molecular flexibility index (Phi) is 5.84. The summed E-state index contributed by atoms with van der Waals surface area (Å²) in [7, 11) is 0. The minimum Gasteiger partial charge on any atom is -0.494 e.